The number of ether oxygens (including phenoxy) is 12. The molecular weight excluding hydrogens is 1990 g/mol. The van der Waals surface area contributed by atoms with Crippen LogP contribution in [0.25, 0.3) is 0 Å². The highest BCUT2D eigenvalue weighted by molar-refractivity contribution is 9.11. The summed E-state index contributed by atoms with van der Waals surface area (Å²) in [5.41, 5.74) is -0.0454. The van der Waals surface area contributed by atoms with Crippen molar-refractivity contribution >= 4 is 91.2 Å². The van der Waals surface area contributed by atoms with E-state index in [1.165, 1.54) is 60.7 Å². The lowest BCUT2D eigenvalue weighted by Gasteiger charge is -2.33. The van der Waals surface area contributed by atoms with Gasteiger partial charge in [0.25, 0.3) is 0 Å². The van der Waals surface area contributed by atoms with Crippen molar-refractivity contribution in [2.45, 2.75) is 158 Å². The van der Waals surface area contributed by atoms with E-state index in [1.807, 2.05) is 83.1 Å². The molecule has 0 saturated heterocycles. The number of aliphatic hydroxyl groups excluding tert-OH is 3. The van der Waals surface area contributed by atoms with Crippen LogP contribution in [0.15, 0.2) is 144 Å². The normalized spacial score (nSPS) is 15.5. The fourth-order valence-corrected chi connectivity index (χ4v) is 12.8. The Bertz CT molecular complexity index is 5060. The van der Waals surface area contributed by atoms with E-state index in [0.717, 1.165) is 29.7 Å². The number of fused-ring (bicyclic) bond motifs is 5. The van der Waals surface area contributed by atoms with E-state index in [9.17, 15) is 60.0 Å². The van der Waals surface area contributed by atoms with Crippen molar-refractivity contribution in [3.8, 4) is 104 Å². The first-order valence-corrected chi connectivity index (χ1v) is 42.7. The summed E-state index contributed by atoms with van der Waals surface area (Å²) in [5, 5.41) is 64.1. The van der Waals surface area contributed by atoms with Crippen LogP contribution in [0.4, 0.5) is 35.1 Å². The predicted octanol–water partition coefficient (Wildman–Crippen LogP) is 23.2. The second kappa shape index (κ2) is 47.1. The molecule has 5 heterocycles. The highest BCUT2D eigenvalue weighted by atomic mass is 79.9. The summed E-state index contributed by atoms with van der Waals surface area (Å²) < 4.78 is 175. The molecular formula is C92H103Br5F8O21. The van der Waals surface area contributed by atoms with E-state index in [-0.39, 0.29) is 133 Å². The number of ketones is 2. The smallest absolute Gasteiger partial charge is 0.197 e. The Morgan fingerprint density at radius 1 is 0.437 bits per heavy atom. The zero-order valence-corrected chi connectivity index (χ0v) is 80.3. The molecule has 0 radical (unpaired) electrons. The van der Waals surface area contributed by atoms with Crippen LogP contribution >= 0.6 is 79.6 Å². The largest absolute Gasteiger partial charge is 0.504 e. The Balaban J connectivity index is 0.000000256. The number of hydrogen-bond acceptors (Lipinski definition) is 21. The monoisotopic (exact) mass is 2090 g/mol. The number of carbonyl (C=O) groups excluding carboxylic acids is 2. The molecule has 0 aliphatic carbocycles. The van der Waals surface area contributed by atoms with E-state index >= 15 is 0 Å². The second-order valence-corrected chi connectivity index (χ2v) is 36.9. The van der Waals surface area contributed by atoms with Crippen molar-refractivity contribution in [2.24, 2.45) is 17.8 Å². The maximum absolute atomic E-state index is 14.0. The molecule has 5 aliphatic rings. The van der Waals surface area contributed by atoms with E-state index in [0.29, 0.717) is 64.0 Å². The summed E-state index contributed by atoms with van der Waals surface area (Å²) in [5.74, 6) is -3.49. The lowest BCUT2D eigenvalue weighted by Crippen LogP contribution is -2.39. The predicted molar refractivity (Wildman–Crippen MR) is 478 cm³/mol. The Kier molecular flexibility index (Phi) is 40.1. The first-order chi connectivity index (χ1) is 58.5. The van der Waals surface area contributed by atoms with Crippen molar-refractivity contribution in [1.29, 1.82) is 0 Å². The number of halogens is 13. The fraction of sp³-hybridized carbons (Fsp3) is 0.391. The Morgan fingerprint density at radius 2 is 0.770 bits per heavy atom. The molecule has 0 unspecified atom stereocenters. The van der Waals surface area contributed by atoms with Gasteiger partial charge in [-0.15, -0.1) is 12.3 Å². The molecule has 7 N–H and O–H groups in total. The Labute approximate surface area is 769 Å². The van der Waals surface area contributed by atoms with Crippen molar-refractivity contribution in [2.75, 3.05) is 59.5 Å². The molecule has 8 aromatic rings. The fourth-order valence-electron chi connectivity index (χ4n) is 10.7. The van der Waals surface area contributed by atoms with Gasteiger partial charge in [0.2, 0.25) is 0 Å². The van der Waals surface area contributed by atoms with Gasteiger partial charge in [-0.2, -0.15) is 0 Å². The third-order valence-electron chi connectivity index (χ3n) is 17.2. The molecule has 126 heavy (non-hydrogen) atoms. The molecule has 688 valence electrons. The average Bonchev–Trinajstić information content (AvgIpc) is 0.797. The molecule has 13 rings (SSSR count). The number of phenols is 4. The zero-order valence-electron chi connectivity index (χ0n) is 72.4. The molecule has 0 aromatic heterocycles. The summed E-state index contributed by atoms with van der Waals surface area (Å²) in [6.07, 6.45) is 4.37. The number of aliphatic hydroxyl groups is 3. The first kappa shape index (κ1) is 107. The van der Waals surface area contributed by atoms with Gasteiger partial charge >= 0.3 is 0 Å². The van der Waals surface area contributed by atoms with Gasteiger partial charge in [0.05, 0.1) is 12.7 Å². The number of Topliss-reactive ketones (excluding diaryl/α,β-unsaturated/α-hetero) is 2. The summed E-state index contributed by atoms with van der Waals surface area (Å²) >= 11 is 15.5. The molecule has 5 aliphatic heterocycles. The van der Waals surface area contributed by atoms with Gasteiger partial charge in [0.15, 0.2) is 150 Å². The van der Waals surface area contributed by atoms with Crippen molar-refractivity contribution in [1.82, 2.24) is 0 Å². The number of terminal acetylenes is 1. The molecule has 0 amide bonds. The molecule has 4 atom stereocenters. The SMILES string of the molecule is C#CC.C=C(C)COc1c(O)cc(Br)cc1F.C=C(C)COc1cc(Br)cc(F)c1O.CC1(C)COc2c(F)cc(Br)cc2O1.CC1(C)COc2cc(Br)cc(F)c2O1.CC[C@@H](C)C(=O)c1cc(F)c2c(c1)OC(C)(C)CO2.C[C@H](CO)C(=O)c1cc(F)c2c(c1)OC(C)(C)CO2.C[C@H](CO)[C@H](O)c1cc(F)c2c(c1)OC(C)(C)CO2.Oc1cc(Br)cc(F)c1O. The van der Waals surface area contributed by atoms with E-state index < -0.39 is 104 Å². The molecule has 21 nitrogen and oxygen atoms in total. The number of aromatic hydroxyl groups is 4. The quantitative estimate of drug-likeness (QED) is 0.0165. The van der Waals surface area contributed by atoms with Gasteiger partial charge in [-0.05, 0) is 210 Å². The number of carbonyl (C=O) groups is 2. The van der Waals surface area contributed by atoms with Gasteiger partial charge in [0.1, 0.15) is 74.3 Å². The molecule has 8 aromatic carbocycles. The second-order valence-electron chi connectivity index (χ2n) is 32.3. The lowest BCUT2D eigenvalue weighted by molar-refractivity contribution is 0.0169. The van der Waals surface area contributed by atoms with Crippen molar-refractivity contribution < 1.29 is 137 Å². The van der Waals surface area contributed by atoms with Gasteiger partial charge in [-0.1, -0.05) is 121 Å². The lowest BCUT2D eigenvalue weighted by atomic mass is 9.96. The molecule has 0 spiro atoms. The van der Waals surface area contributed by atoms with Crippen molar-refractivity contribution in [3.63, 3.8) is 0 Å². The Morgan fingerprint density at radius 3 is 1.18 bits per heavy atom. The minimum absolute atomic E-state index is 0.0347. The van der Waals surface area contributed by atoms with E-state index in [1.54, 1.807) is 58.9 Å². The van der Waals surface area contributed by atoms with Crippen LogP contribution < -0.4 is 56.8 Å². The summed E-state index contributed by atoms with van der Waals surface area (Å²) in [6.45, 7) is 39.6. The van der Waals surface area contributed by atoms with Crippen LogP contribution in [0.5, 0.6) is 92.0 Å². The minimum atomic E-state index is -0.946. The van der Waals surface area contributed by atoms with E-state index in [4.69, 9.17) is 77.3 Å². The maximum Gasteiger partial charge on any atom is 0.197 e. The minimum Gasteiger partial charge on any atom is -0.504 e. The van der Waals surface area contributed by atoms with Crippen LogP contribution in [0.3, 0.4) is 0 Å². The van der Waals surface area contributed by atoms with Crippen LogP contribution in [0.2, 0.25) is 0 Å². The third-order valence-corrected chi connectivity index (χ3v) is 19.5. The van der Waals surface area contributed by atoms with Gasteiger partial charge in [-0.3, -0.25) is 9.59 Å². The molecule has 0 bridgehead atoms. The summed E-state index contributed by atoms with van der Waals surface area (Å²) in [6, 6.07) is 21.9. The summed E-state index contributed by atoms with van der Waals surface area (Å²) in [4.78, 5) is 24.1. The molecule has 34 heteroatoms. The highest BCUT2D eigenvalue weighted by Crippen LogP contribution is 2.46. The molecule has 0 fully saturated rings. The van der Waals surface area contributed by atoms with Crippen molar-refractivity contribution in [3.05, 3.63) is 207 Å². The Hall–Kier alpha value is -9.34. The van der Waals surface area contributed by atoms with Crippen LogP contribution in [-0.2, 0) is 0 Å². The highest BCUT2D eigenvalue weighted by Gasteiger charge is 2.37. The average molecular weight is 2100 g/mol. The summed E-state index contributed by atoms with van der Waals surface area (Å²) in [7, 11) is 0. The number of hydrogen-bond donors (Lipinski definition) is 7. The maximum atomic E-state index is 14.0. The van der Waals surface area contributed by atoms with Gasteiger partial charge in [-0.25, -0.2) is 35.1 Å². The first-order valence-electron chi connectivity index (χ1n) is 38.7. The van der Waals surface area contributed by atoms with Gasteiger partial charge in [0, 0.05) is 57.9 Å². The third kappa shape index (κ3) is 32.4. The zero-order chi connectivity index (χ0) is 95.2. The van der Waals surface area contributed by atoms with Crippen LogP contribution in [-0.4, -0.2) is 135 Å². The van der Waals surface area contributed by atoms with Crippen LogP contribution in [0, 0.1) is 76.6 Å². The van der Waals surface area contributed by atoms with Gasteiger partial charge < -0.3 is 92.6 Å². The number of rotatable bonds is 15. The standard InChI is InChI=1S/C15H19FO3.C14H19FO4.C14H17FO4.4C10H10BrFO2.C6H4BrFO2.C3H4/c1-5-9(2)13(17)10-6-11(16)14-12(7-10)19-15(3,4)8-18-14;2*1-8(6-16)12(17)9-4-10(15)13-11(5-9)19-14(2,3)7-18-13;1-10(2)5-13-9-7(12)3-6(11)4-8(9)14-10;1-10(2)5-13-8-4-6(11)3-7(12)9(8)14-10;1-6(2)5-14-9-4-7(11)3-8(12)10(9)13;1-6(2)5-14-10-8(12)3-7(11)4-9(10)13;7-3-1-4(8)6(10)5(9)2-3;1-3-2/h6-7,9H,5,8H2,1-4H3;4-5,8,12,16-17H,6-7H2,1-3H3;4-5,8,16H,6-7H2,1-3H3;2*3-4H,5H2,1-2H3;2*3-4,13H,1,5H2,2H3;1-2,9-10H;1H,2H3/t9-;8-,12+;8-;;;;;;/m111....../s1. The van der Waals surface area contributed by atoms with E-state index in [2.05, 4.69) is 105 Å². The number of phenolic OH excluding ortho intramolecular Hbond substituents is 4. The van der Waals surface area contributed by atoms with Crippen LogP contribution in [0.1, 0.15) is 157 Å². The topological polar surface area (TPSA) is 287 Å². The number of benzene rings is 8. The molecule has 0 saturated carbocycles.